The van der Waals surface area contributed by atoms with Gasteiger partial charge in [-0.25, -0.2) is 8.42 Å². The Kier molecular flexibility index (Phi) is 7.99. The molecule has 0 bridgehead atoms. The molecule has 0 amide bonds. The molecule has 1 N–H and O–H groups in total. The lowest BCUT2D eigenvalue weighted by Crippen LogP contribution is -2.48. The maximum atomic E-state index is 13.1. The molecule has 2 heterocycles. The lowest BCUT2D eigenvalue weighted by atomic mass is 10.1. The largest absolute Gasteiger partial charge is 0.373 e. The van der Waals surface area contributed by atoms with Crippen LogP contribution >= 0.6 is 23.3 Å². The summed E-state index contributed by atoms with van der Waals surface area (Å²) in [7, 11) is -3.72. The van der Waals surface area contributed by atoms with Crippen molar-refractivity contribution in [3.63, 3.8) is 0 Å². The van der Waals surface area contributed by atoms with Crippen molar-refractivity contribution in [2.45, 2.75) is 41.9 Å². The highest BCUT2D eigenvalue weighted by molar-refractivity contribution is 7.98. The monoisotopic (exact) mass is 518 g/mol. The van der Waals surface area contributed by atoms with Crippen molar-refractivity contribution in [2.75, 3.05) is 25.0 Å². The molecule has 1 saturated heterocycles. The average Bonchev–Trinajstić information content (AvgIpc) is 3.29. The van der Waals surface area contributed by atoms with Crippen LogP contribution in [0.1, 0.15) is 29.8 Å². The Balaban J connectivity index is 1.36. The van der Waals surface area contributed by atoms with Crippen LogP contribution in [0.15, 0.2) is 64.6 Å². The number of ketones is 1. The van der Waals surface area contributed by atoms with Gasteiger partial charge in [0.25, 0.3) is 0 Å². The van der Waals surface area contributed by atoms with E-state index in [4.69, 9.17) is 4.74 Å². The topological polar surface area (TPSA) is 101 Å². The number of ether oxygens (including phenoxy) is 1. The van der Waals surface area contributed by atoms with Crippen LogP contribution in [0.4, 0.5) is 5.13 Å². The second kappa shape index (κ2) is 11.0. The van der Waals surface area contributed by atoms with E-state index in [1.54, 1.807) is 12.1 Å². The summed E-state index contributed by atoms with van der Waals surface area (Å²) in [5, 5.41) is 4.19. The number of rotatable bonds is 9. The number of Topliss-reactive ketones (excluding diaryl/α,β-unsaturated/α-hetero) is 1. The molecule has 2 aromatic carbocycles. The predicted octanol–water partition coefficient (Wildman–Crippen LogP) is 3.92. The zero-order valence-corrected chi connectivity index (χ0v) is 21.3. The number of thioether (sulfide) groups is 1. The Morgan fingerprint density at radius 2 is 1.88 bits per heavy atom. The van der Waals surface area contributed by atoms with E-state index < -0.39 is 10.0 Å². The molecule has 0 aliphatic carbocycles. The number of carbonyl (C=O) groups excluding carboxylic acids is 1. The quantitative estimate of drug-likeness (QED) is 0.336. The van der Waals surface area contributed by atoms with Gasteiger partial charge in [0.15, 0.2) is 5.78 Å². The summed E-state index contributed by atoms with van der Waals surface area (Å²) in [6.45, 7) is 4.26. The first-order chi connectivity index (χ1) is 16.3. The normalized spacial score (nSPS) is 19.1. The fourth-order valence-electron chi connectivity index (χ4n) is 3.63. The molecule has 0 saturated carbocycles. The van der Waals surface area contributed by atoms with E-state index in [0.717, 1.165) is 5.75 Å². The minimum Gasteiger partial charge on any atom is -0.373 e. The van der Waals surface area contributed by atoms with Gasteiger partial charge < -0.3 is 10.1 Å². The lowest BCUT2D eigenvalue weighted by molar-refractivity contribution is -0.0440. The smallest absolute Gasteiger partial charge is 0.243 e. The molecular weight excluding hydrogens is 492 g/mol. The Labute approximate surface area is 208 Å². The molecule has 8 nitrogen and oxygen atoms in total. The summed E-state index contributed by atoms with van der Waals surface area (Å²) in [5.41, 5.74) is 1.51. The van der Waals surface area contributed by atoms with Gasteiger partial charge in [-0.05, 0) is 31.5 Å². The molecule has 2 unspecified atom stereocenters. The number of sulfonamides is 1. The molecule has 34 heavy (non-hydrogen) atoms. The highest BCUT2D eigenvalue weighted by Crippen LogP contribution is 2.24. The van der Waals surface area contributed by atoms with Gasteiger partial charge in [-0.2, -0.15) is 13.7 Å². The summed E-state index contributed by atoms with van der Waals surface area (Å²) >= 11 is 2.72. The van der Waals surface area contributed by atoms with Crippen LogP contribution in [0.5, 0.6) is 0 Å². The van der Waals surface area contributed by atoms with Crippen LogP contribution in [-0.2, 0) is 20.5 Å². The lowest BCUT2D eigenvalue weighted by Gasteiger charge is -2.34. The Morgan fingerprint density at radius 1 is 1.15 bits per heavy atom. The molecule has 1 aliphatic heterocycles. The number of hydrogen-bond donors (Lipinski definition) is 1. The summed E-state index contributed by atoms with van der Waals surface area (Å²) < 4.78 is 37.6. The zero-order valence-electron chi connectivity index (χ0n) is 18.9. The first-order valence-corrected chi connectivity index (χ1v) is 14.0. The summed E-state index contributed by atoms with van der Waals surface area (Å²) in [5.74, 6) is 0.534. The highest BCUT2D eigenvalue weighted by Gasteiger charge is 2.32. The second-order valence-electron chi connectivity index (χ2n) is 8.04. The Hall–Kier alpha value is -2.31. The number of anilines is 1. The summed E-state index contributed by atoms with van der Waals surface area (Å²) in [6, 6.07) is 16.2. The molecule has 0 radical (unpaired) electrons. The Bertz CT molecular complexity index is 1220. The van der Waals surface area contributed by atoms with Gasteiger partial charge in [0.05, 0.1) is 23.6 Å². The fraction of sp³-hybridized carbons (Fsp3) is 0.348. The van der Waals surface area contributed by atoms with Gasteiger partial charge in [0.1, 0.15) is 0 Å². The molecule has 0 spiro atoms. The third-order valence-corrected chi connectivity index (χ3v) is 8.73. The number of benzene rings is 2. The molecule has 4 rings (SSSR count). The van der Waals surface area contributed by atoms with E-state index in [2.05, 4.69) is 14.7 Å². The maximum Gasteiger partial charge on any atom is 0.243 e. The minimum absolute atomic E-state index is 0.00684. The van der Waals surface area contributed by atoms with Gasteiger partial charge in [-0.15, -0.1) is 0 Å². The van der Waals surface area contributed by atoms with Gasteiger partial charge >= 0.3 is 0 Å². The van der Waals surface area contributed by atoms with Crippen LogP contribution in [0.3, 0.4) is 0 Å². The van der Waals surface area contributed by atoms with Crippen LogP contribution in [0, 0.1) is 0 Å². The molecule has 1 aromatic heterocycles. The molecule has 1 fully saturated rings. The van der Waals surface area contributed by atoms with Crippen molar-refractivity contribution < 1.29 is 17.9 Å². The number of nitrogens with one attached hydrogen (secondary N) is 1. The highest BCUT2D eigenvalue weighted by atomic mass is 32.2. The molecule has 2 atom stereocenters. The van der Waals surface area contributed by atoms with Crippen molar-refractivity contribution >= 4 is 44.2 Å². The van der Waals surface area contributed by atoms with E-state index in [9.17, 15) is 13.2 Å². The average molecular weight is 519 g/mol. The van der Waals surface area contributed by atoms with Crippen molar-refractivity contribution in [2.24, 2.45) is 0 Å². The molecule has 1 aliphatic rings. The first-order valence-electron chi connectivity index (χ1n) is 10.8. The van der Waals surface area contributed by atoms with Crippen molar-refractivity contribution in [3.05, 3.63) is 65.7 Å². The number of nitrogens with zero attached hydrogens (tertiary/aromatic N) is 3. The van der Waals surface area contributed by atoms with E-state index >= 15 is 0 Å². The van der Waals surface area contributed by atoms with Gasteiger partial charge in [0, 0.05) is 35.9 Å². The van der Waals surface area contributed by atoms with Crippen LogP contribution in [-0.4, -0.2) is 59.7 Å². The number of aromatic nitrogens is 2. The van der Waals surface area contributed by atoms with Crippen LogP contribution in [0.25, 0.3) is 0 Å². The fourth-order valence-corrected chi connectivity index (χ4v) is 6.76. The minimum atomic E-state index is -3.72. The number of carbonyl (C=O) groups is 1. The van der Waals surface area contributed by atoms with E-state index in [1.807, 2.05) is 44.2 Å². The summed E-state index contributed by atoms with van der Waals surface area (Å²) in [6.07, 6.45) is -0.370. The Morgan fingerprint density at radius 3 is 2.62 bits per heavy atom. The standard InChI is InChI=1S/C23H26N4O4S3/c1-16-13-27(14-17(2)31-16)34(29,30)20-10-6-9-19(11-20)21(28)12-24-22-25-23(26-33-22)32-15-18-7-4-3-5-8-18/h3-11,16-17H,12-15H2,1-2H3,(H,24,25,26). The second-order valence-corrected chi connectivity index (χ2v) is 11.7. The van der Waals surface area contributed by atoms with E-state index in [0.29, 0.717) is 15.9 Å². The molecule has 180 valence electrons. The first kappa shape index (κ1) is 24.8. The third kappa shape index (κ3) is 6.22. The van der Waals surface area contributed by atoms with E-state index in [-0.39, 0.29) is 42.5 Å². The third-order valence-electron chi connectivity index (χ3n) is 5.20. The number of morpholine rings is 1. The van der Waals surface area contributed by atoms with Crippen LogP contribution < -0.4 is 5.32 Å². The van der Waals surface area contributed by atoms with Crippen molar-refractivity contribution in [1.29, 1.82) is 0 Å². The van der Waals surface area contributed by atoms with Gasteiger partial charge in [-0.1, -0.05) is 54.2 Å². The van der Waals surface area contributed by atoms with Gasteiger partial charge in [-0.3, -0.25) is 4.79 Å². The van der Waals surface area contributed by atoms with Crippen LogP contribution in [0.2, 0.25) is 0 Å². The van der Waals surface area contributed by atoms with E-state index in [1.165, 1.54) is 45.3 Å². The molecular formula is C23H26N4O4S3. The van der Waals surface area contributed by atoms with Crippen molar-refractivity contribution in [1.82, 2.24) is 13.7 Å². The summed E-state index contributed by atoms with van der Waals surface area (Å²) in [4.78, 5) is 17.3. The van der Waals surface area contributed by atoms with Gasteiger partial charge in [0.2, 0.25) is 20.3 Å². The SMILES string of the molecule is CC1CN(S(=O)(=O)c2cccc(C(=O)CNc3nc(SCc4ccccc4)ns3)c2)CC(C)O1. The maximum absolute atomic E-state index is 13.1. The zero-order chi connectivity index (χ0) is 24.1. The van der Waals surface area contributed by atoms with Crippen molar-refractivity contribution in [3.8, 4) is 0 Å². The molecule has 3 aromatic rings. The predicted molar refractivity (Wildman–Crippen MR) is 134 cm³/mol. The number of hydrogen-bond acceptors (Lipinski definition) is 9. The molecule has 11 heteroatoms.